The molecule has 6 N–H and O–H groups in total. The van der Waals surface area contributed by atoms with E-state index in [1.165, 1.54) is 22.6 Å². The number of halogens is 1. The van der Waals surface area contributed by atoms with Crippen molar-refractivity contribution >= 4 is 22.6 Å². The maximum atomic E-state index is 9.49. The third kappa shape index (κ3) is 2.12. The lowest BCUT2D eigenvalue weighted by molar-refractivity contribution is -0.258. The van der Waals surface area contributed by atoms with Crippen LogP contribution in [0, 0.1) is 0 Å². The number of alkyl halides is 1. The summed E-state index contributed by atoms with van der Waals surface area (Å²) in [6.45, 7) is -0.490. The smallest absolute Gasteiger partial charge is 0.237 e. The van der Waals surface area contributed by atoms with E-state index in [2.05, 4.69) is 0 Å². The van der Waals surface area contributed by atoms with Crippen molar-refractivity contribution in [2.45, 2.75) is 28.1 Å². The zero-order valence-electron chi connectivity index (χ0n) is 6.67. The lowest BCUT2D eigenvalue weighted by Crippen LogP contribution is -2.65. The van der Waals surface area contributed by atoms with Crippen molar-refractivity contribution in [3.8, 4) is 0 Å². The van der Waals surface area contributed by atoms with E-state index in [0.717, 1.165) is 0 Å². The molecule has 0 aromatic carbocycles. The minimum Gasteiger partial charge on any atom is -0.394 e. The highest BCUT2D eigenvalue weighted by Crippen LogP contribution is 2.31. The zero-order chi connectivity index (χ0) is 10.2. The Kier molecular flexibility index (Phi) is 3.49. The van der Waals surface area contributed by atoms with Crippen LogP contribution in [-0.2, 0) is 4.74 Å². The Balaban J connectivity index is 2.79. The Morgan fingerprint density at radius 2 is 1.92 bits per heavy atom. The van der Waals surface area contributed by atoms with E-state index in [1.807, 2.05) is 0 Å². The number of aliphatic hydroxyl groups excluding tert-OH is 3. The molecule has 0 aliphatic carbocycles. The topological polar surface area (TPSA) is 116 Å². The number of ether oxygens (including phenoxy) is 1. The van der Waals surface area contributed by atoms with Crippen LogP contribution in [0.4, 0.5) is 0 Å². The normalized spacial score (nSPS) is 52.2. The Morgan fingerprint density at radius 1 is 1.38 bits per heavy atom. The molecule has 0 saturated carbocycles. The lowest BCUT2D eigenvalue weighted by atomic mass is 9.98. The van der Waals surface area contributed by atoms with E-state index in [4.69, 9.17) is 15.6 Å². The van der Waals surface area contributed by atoms with Crippen LogP contribution in [0.25, 0.3) is 0 Å². The summed E-state index contributed by atoms with van der Waals surface area (Å²) in [5.41, 5.74) is 5.39. The molecule has 78 valence electrons. The van der Waals surface area contributed by atoms with E-state index in [9.17, 15) is 15.3 Å². The number of hydrogen-bond donors (Lipinski definition) is 5. The van der Waals surface area contributed by atoms with Crippen LogP contribution in [0.2, 0.25) is 0 Å². The average Bonchev–Trinajstić information content (AvgIpc) is 2.08. The van der Waals surface area contributed by atoms with Gasteiger partial charge in [0.2, 0.25) is 3.79 Å². The molecule has 0 aromatic heterocycles. The highest BCUT2D eigenvalue weighted by Gasteiger charge is 2.49. The van der Waals surface area contributed by atoms with E-state index in [0.29, 0.717) is 0 Å². The molecule has 7 heteroatoms. The van der Waals surface area contributed by atoms with Crippen molar-refractivity contribution in [1.82, 2.24) is 0 Å². The van der Waals surface area contributed by atoms with Gasteiger partial charge in [-0.05, 0) is 22.6 Å². The minimum atomic E-state index is -1.76. The van der Waals surface area contributed by atoms with E-state index >= 15 is 0 Å². The van der Waals surface area contributed by atoms with Crippen LogP contribution in [0.1, 0.15) is 0 Å². The molecule has 6 nitrogen and oxygen atoms in total. The third-order valence-corrected chi connectivity index (χ3v) is 2.98. The van der Waals surface area contributed by atoms with E-state index in [1.54, 1.807) is 0 Å². The Hall–Kier alpha value is 0.490. The molecular weight excluding hydrogens is 293 g/mol. The summed E-state index contributed by atoms with van der Waals surface area (Å²) in [6, 6.07) is -1.11. The first kappa shape index (κ1) is 11.6. The van der Waals surface area contributed by atoms with Crippen LogP contribution in [0.3, 0.4) is 0 Å². The molecule has 0 unspecified atom stereocenters. The molecule has 5 atom stereocenters. The monoisotopic (exact) mass is 305 g/mol. The molecule has 0 spiro atoms. The highest BCUT2D eigenvalue weighted by atomic mass is 127. The highest BCUT2D eigenvalue weighted by molar-refractivity contribution is 14.1. The van der Waals surface area contributed by atoms with Gasteiger partial charge in [-0.3, -0.25) is 0 Å². The molecule has 0 bridgehead atoms. The maximum Gasteiger partial charge on any atom is 0.237 e. The van der Waals surface area contributed by atoms with Gasteiger partial charge in [0.15, 0.2) is 0 Å². The van der Waals surface area contributed by atoms with Gasteiger partial charge in [0.25, 0.3) is 0 Å². The zero-order valence-corrected chi connectivity index (χ0v) is 8.83. The van der Waals surface area contributed by atoms with Crippen molar-refractivity contribution in [2.24, 2.45) is 5.73 Å². The van der Waals surface area contributed by atoms with Crippen molar-refractivity contribution < 1.29 is 25.2 Å². The SMILES string of the molecule is N[C@@H]1[C@@H](O)[C@H](O)[C@@H](CO)O[C@@]1(O)I. The summed E-state index contributed by atoms with van der Waals surface area (Å²) in [6.07, 6.45) is -3.61. The Labute approximate surface area is 88.5 Å². The molecule has 0 amide bonds. The summed E-state index contributed by atoms with van der Waals surface area (Å²) >= 11 is 1.51. The first-order valence-electron chi connectivity index (χ1n) is 3.72. The lowest BCUT2D eigenvalue weighted by Gasteiger charge is -2.43. The van der Waals surface area contributed by atoms with Gasteiger partial charge in [-0.2, -0.15) is 0 Å². The van der Waals surface area contributed by atoms with Gasteiger partial charge >= 0.3 is 0 Å². The van der Waals surface area contributed by atoms with Crippen LogP contribution < -0.4 is 5.73 Å². The predicted molar refractivity (Wildman–Crippen MR) is 50.9 cm³/mol. The standard InChI is InChI=1S/C6H12INO5/c7-6(12)5(8)4(11)3(10)2(1-9)13-6/h2-5,9-12H,1,8H2/t2-,3-,4+,5-,6-/m1/s1. The van der Waals surface area contributed by atoms with Gasteiger partial charge in [0.05, 0.1) is 12.6 Å². The van der Waals surface area contributed by atoms with Crippen LogP contribution >= 0.6 is 22.6 Å². The molecule has 1 rings (SSSR count). The number of hydrogen-bond acceptors (Lipinski definition) is 6. The number of rotatable bonds is 1. The van der Waals surface area contributed by atoms with Crippen LogP contribution in [0.15, 0.2) is 0 Å². The summed E-state index contributed by atoms with van der Waals surface area (Å²) in [4.78, 5) is 0. The first-order valence-corrected chi connectivity index (χ1v) is 4.79. The van der Waals surface area contributed by atoms with Gasteiger partial charge in [0, 0.05) is 0 Å². The van der Waals surface area contributed by atoms with Gasteiger partial charge in [0.1, 0.15) is 18.3 Å². The molecule has 1 saturated heterocycles. The van der Waals surface area contributed by atoms with E-state index < -0.39 is 34.8 Å². The van der Waals surface area contributed by atoms with Crippen LogP contribution in [-0.4, -0.2) is 55.2 Å². The van der Waals surface area contributed by atoms with Gasteiger partial charge in [-0.1, -0.05) is 0 Å². The number of aliphatic hydroxyl groups is 4. The predicted octanol–water partition coefficient (Wildman–Crippen LogP) is -2.49. The molecule has 1 aliphatic rings. The summed E-state index contributed by atoms with van der Waals surface area (Å²) < 4.78 is 3.11. The molecule has 0 radical (unpaired) electrons. The molecular formula is C6H12INO5. The first-order chi connectivity index (χ1) is 5.90. The minimum absolute atomic E-state index is 0.490. The van der Waals surface area contributed by atoms with Crippen molar-refractivity contribution in [3.05, 3.63) is 0 Å². The Bertz CT molecular complexity index is 188. The molecule has 1 aliphatic heterocycles. The van der Waals surface area contributed by atoms with Crippen molar-refractivity contribution in [3.63, 3.8) is 0 Å². The second kappa shape index (κ2) is 3.93. The largest absolute Gasteiger partial charge is 0.394 e. The fourth-order valence-electron chi connectivity index (χ4n) is 1.15. The van der Waals surface area contributed by atoms with Crippen molar-refractivity contribution in [2.75, 3.05) is 6.61 Å². The summed E-state index contributed by atoms with van der Waals surface area (Å²) in [5, 5.41) is 36.9. The second-order valence-electron chi connectivity index (χ2n) is 2.95. The quantitative estimate of drug-likeness (QED) is 0.270. The van der Waals surface area contributed by atoms with Gasteiger partial charge in [-0.25, -0.2) is 0 Å². The van der Waals surface area contributed by atoms with Gasteiger partial charge in [-0.15, -0.1) is 0 Å². The second-order valence-corrected chi connectivity index (χ2v) is 4.50. The summed E-state index contributed by atoms with van der Waals surface area (Å²) in [7, 11) is 0. The third-order valence-electron chi connectivity index (χ3n) is 2.01. The molecule has 13 heavy (non-hydrogen) atoms. The average molecular weight is 305 g/mol. The fourth-order valence-corrected chi connectivity index (χ4v) is 1.84. The molecule has 1 heterocycles. The van der Waals surface area contributed by atoms with Gasteiger partial charge < -0.3 is 30.9 Å². The maximum absolute atomic E-state index is 9.49. The molecule has 0 aromatic rings. The molecule has 1 fully saturated rings. The number of nitrogens with two attached hydrogens (primary N) is 1. The Morgan fingerprint density at radius 3 is 2.38 bits per heavy atom. The van der Waals surface area contributed by atoms with Crippen LogP contribution in [0.5, 0.6) is 0 Å². The summed E-state index contributed by atoms with van der Waals surface area (Å²) in [5.74, 6) is 0. The fraction of sp³-hybridized carbons (Fsp3) is 1.00. The van der Waals surface area contributed by atoms with E-state index in [-0.39, 0.29) is 0 Å². The van der Waals surface area contributed by atoms with Crippen molar-refractivity contribution in [1.29, 1.82) is 0 Å².